The highest BCUT2D eigenvalue weighted by molar-refractivity contribution is 6.15. The fourth-order valence-electron chi connectivity index (χ4n) is 2.04. The molecule has 108 valence electrons. The molecule has 0 amide bonds. The van der Waals surface area contributed by atoms with Crippen LogP contribution in [-0.4, -0.2) is 16.9 Å². The van der Waals surface area contributed by atoms with Crippen LogP contribution in [0.5, 0.6) is 0 Å². The van der Waals surface area contributed by atoms with Gasteiger partial charge in [0.15, 0.2) is 5.78 Å². The third kappa shape index (κ3) is 4.34. The van der Waals surface area contributed by atoms with E-state index in [1.54, 1.807) is 0 Å². The number of carbonyl (C=O) groups excluding carboxylic acids is 1. The predicted octanol–water partition coefficient (Wildman–Crippen LogP) is 3.90. The molecule has 3 nitrogen and oxygen atoms in total. The first-order chi connectivity index (χ1) is 9.32. The quantitative estimate of drug-likeness (QED) is 0.486. The van der Waals surface area contributed by atoms with Crippen LogP contribution in [0.4, 0.5) is 0 Å². The van der Waals surface area contributed by atoms with Crippen molar-refractivity contribution in [3.8, 4) is 0 Å². The van der Waals surface area contributed by atoms with Crippen molar-refractivity contribution in [2.75, 3.05) is 0 Å². The molecule has 0 spiro atoms. The molecule has 0 heterocycles. The number of Topliss-reactive ketones (excluding diaryl/α,β-unsaturated/α-hetero) is 1. The Kier molecular flexibility index (Phi) is 5.68. The molecule has 1 rings (SSSR count). The predicted molar refractivity (Wildman–Crippen MR) is 80.0 cm³/mol. The number of aliphatic carboxylic acids is 1. The van der Waals surface area contributed by atoms with Crippen molar-refractivity contribution in [1.82, 2.24) is 0 Å². The molecule has 3 heteroatoms. The van der Waals surface area contributed by atoms with E-state index in [4.69, 9.17) is 5.11 Å². The van der Waals surface area contributed by atoms with Gasteiger partial charge in [-0.05, 0) is 36.3 Å². The highest BCUT2D eigenvalue weighted by atomic mass is 16.4. The molecular formula is C17H22O3. The zero-order valence-corrected chi connectivity index (χ0v) is 12.5. The Labute approximate surface area is 120 Å². The van der Waals surface area contributed by atoms with Gasteiger partial charge < -0.3 is 5.11 Å². The van der Waals surface area contributed by atoms with E-state index in [1.165, 1.54) is 24.1 Å². The number of hydrogen-bond donors (Lipinski definition) is 1. The van der Waals surface area contributed by atoms with Gasteiger partial charge in [-0.15, -0.1) is 0 Å². The third-order valence-electron chi connectivity index (χ3n) is 3.43. The Bertz CT molecular complexity index is 511. The Hall–Kier alpha value is -1.90. The Morgan fingerprint density at radius 1 is 1.20 bits per heavy atom. The van der Waals surface area contributed by atoms with Gasteiger partial charge in [0.2, 0.25) is 0 Å². The highest BCUT2D eigenvalue weighted by Crippen LogP contribution is 2.24. The minimum absolute atomic E-state index is 0.128. The first-order valence-electron chi connectivity index (χ1n) is 6.87. The molecule has 1 N–H and O–H groups in total. The largest absolute Gasteiger partial charge is 0.478 e. The van der Waals surface area contributed by atoms with Crippen molar-refractivity contribution < 1.29 is 14.7 Å². The molecule has 0 aliphatic heterocycles. The van der Waals surface area contributed by atoms with Gasteiger partial charge in [-0.3, -0.25) is 4.79 Å². The molecule has 1 aromatic carbocycles. The van der Waals surface area contributed by atoms with Crippen LogP contribution in [0.2, 0.25) is 0 Å². The van der Waals surface area contributed by atoms with Gasteiger partial charge >= 0.3 is 5.97 Å². The molecule has 0 saturated carbocycles. The maximum atomic E-state index is 11.2. The van der Waals surface area contributed by atoms with Crippen molar-refractivity contribution in [2.24, 2.45) is 0 Å². The molecule has 0 fully saturated rings. The zero-order valence-electron chi connectivity index (χ0n) is 12.5. The first kappa shape index (κ1) is 16.2. The topological polar surface area (TPSA) is 54.4 Å². The lowest BCUT2D eigenvalue weighted by molar-refractivity contribution is -0.134. The molecule has 0 aliphatic carbocycles. The van der Waals surface area contributed by atoms with Crippen molar-refractivity contribution >= 4 is 11.8 Å². The van der Waals surface area contributed by atoms with Gasteiger partial charge in [0.25, 0.3) is 0 Å². The van der Waals surface area contributed by atoms with E-state index in [-0.39, 0.29) is 11.5 Å². The van der Waals surface area contributed by atoms with Crippen molar-refractivity contribution in [2.45, 2.75) is 46.0 Å². The first-order valence-corrected chi connectivity index (χ1v) is 6.87. The molecule has 1 atom stereocenters. The van der Waals surface area contributed by atoms with Crippen molar-refractivity contribution in [3.05, 3.63) is 47.0 Å². The van der Waals surface area contributed by atoms with Crippen LogP contribution in [0.1, 0.15) is 57.1 Å². The number of benzene rings is 1. The van der Waals surface area contributed by atoms with E-state index < -0.39 is 11.8 Å². The SMILES string of the molecule is CC(=O)C(=CCC(C)c1cccc(C(C)C)c1)C(=O)O. The van der Waals surface area contributed by atoms with Gasteiger partial charge in [0.1, 0.15) is 0 Å². The number of carboxylic acid groups (broad SMARTS) is 1. The van der Waals surface area contributed by atoms with Gasteiger partial charge in [0, 0.05) is 0 Å². The zero-order chi connectivity index (χ0) is 15.3. The van der Waals surface area contributed by atoms with Gasteiger partial charge in [-0.25, -0.2) is 4.79 Å². The summed E-state index contributed by atoms with van der Waals surface area (Å²) >= 11 is 0. The van der Waals surface area contributed by atoms with Crippen LogP contribution in [-0.2, 0) is 9.59 Å². The monoisotopic (exact) mass is 274 g/mol. The molecule has 0 aliphatic rings. The second-order valence-corrected chi connectivity index (χ2v) is 5.44. The summed E-state index contributed by atoms with van der Waals surface area (Å²) in [4.78, 5) is 22.2. The summed E-state index contributed by atoms with van der Waals surface area (Å²) in [6.45, 7) is 7.60. The van der Waals surface area contributed by atoms with Crippen molar-refractivity contribution in [3.63, 3.8) is 0 Å². The Morgan fingerprint density at radius 2 is 1.80 bits per heavy atom. The summed E-state index contributed by atoms with van der Waals surface area (Å²) in [5.74, 6) is -0.909. The molecule has 20 heavy (non-hydrogen) atoms. The van der Waals surface area contributed by atoms with Gasteiger partial charge in [-0.1, -0.05) is 51.1 Å². The number of allylic oxidation sites excluding steroid dienone is 1. The van der Waals surface area contributed by atoms with Crippen LogP contribution in [0, 0.1) is 0 Å². The smallest absolute Gasteiger partial charge is 0.338 e. The Balaban J connectivity index is 2.88. The summed E-state index contributed by atoms with van der Waals surface area (Å²) in [6, 6.07) is 8.30. The standard InChI is InChI=1S/C17H22O3/c1-11(2)14-6-5-7-15(10-14)12(3)8-9-16(13(4)18)17(19)20/h5-7,9-12H,8H2,1-4H3,(H,19,20). The van der Waals surface area contributed by atoms with E-state index in [0.29, 0.717) is 12.3 Å². The van der Waals surface area contributed by atoms with Crippen LogP contribution >= 0.6 is 0 Å². The summed E-state index contributed by atoms with van der Waals surface area (Å²) in [7, 11) is 0. The molecular weight excluding hydrogens is 252 g/mol. The average Bonchev–Trinajstić information content (AvgIpc) is 2.38. The Morgan fingerprint density at radius 3 is 2.30 bits per heavy atom. The number of carbonyl (C=O) groups is 2. The van der Waals surface area contributed by atoms with Crippen molar-refractivity contribution in [1.29, 1.82) is 0 Å². The number of carboxylic acids is 1. The highest BCUT2D eigenvalue weighted by Gasteiger charge is 2.13. The van der Waals surface area contributed by atoms with E-state index in [9.17, 15) is 9.59 Å². The fraction of sp³-hybridized carbons (Fsp3) is 0.412. The van der Waals surface area contributed by atoms with E-state index in [2.05, 4.69) is 26.0 Å². The van der Waals surface area contributed by atoms with Crippen LogP contribution in [0.3, 0.4) is 0 Å². The third-order valence-corrected chi connectivity index (χ3v) is 3.43. The van der Waals surface area contributed by atoms with E-state index in [0.717, 1.165) is 0 Å². The maximum Gasteiger partial charge on any atom is 0.338 e. The molecule has 0 bridgehead atoms. The van der Waals surface area contributed by atoms with Gasteiger partial charge in [0.05, 0.1) is 5.57 Å². The summed E-state index contributed by atoms with van der Waals surface area (Å²) in [6.07, 6.45) is 2.07. The molecule has 0 radical (unpaired) electrons. The van der Waals surface area contributed by atoms with Crippen LogP contribution < -0.4 is 0 Å². The fourth-order valence-corrected chi connectivity index (χ4v) is 2.04. The lowest BCUT2D eigenvalue weighted by Crippen LogP contribution is -2.09. The normalized spacial score (nSPS) is 13.3. The number of rotatable bonds is 6. The second kappa shape index (κ2) is 7.04. The van der Waals surface area contributed by atoms with E-state index in [1.807, 2.05) is 19.1 Å². The molecule has 1 aromatic rings. The maximum absolute atomic E-state index is 11.2. The lowest BCUT2D eigenvalue weighted by Gasteiger charge is -2.13. The second-order valence-electron chi connectivity index (χ2n) is 5.44. The van der Waals surface area contributed by atoms with Crippen LogP contribution in [0.25, 0.3) is 0 Å². The summed E-state index contributed by atoms with van der Waals surface area (Å²) in [5.41, 5.74) is 2.31. The average molecular weight is 274 g/mol. The minimum atomic E-state index is -1.15. The van der Waals surface area contributed by atoms with E-state index >= 15 is 0 Å². The molecule has 0 saturated heterocycles. The minimum Gasteiger partial charge on any atom is -0.478 e. The summed E-state index contributed by atoms with van der Waals surface area (Å²) < 4.78 is 0. The van der Waals surface area contributed by atoms with Gasteiger partial charge in [-0.2, -0.15) is 0 Å². The molecule has 1 unspecified atom stereocenters. The molecule has 0 aromatic heterocycles. The lowest BCUT2D eigenvalue weighted by atomic mass is 9.92. The number of hydrogen-bond acceptors (Lipinski definition) is 2. The van der Waals surface area contributed by atoms with Crippen LogP contribution in [0.15, 0.2) is 35.9 Å². The summed E-state index contributed by atoms with van der Waals surface area (Å²) in [5, 5.41) is 8.95. The number of ketones is 1.